The van der Waals surface area contributed by atoms with E-state index >= 15 is 0 Å². The number of hydrogen-bond donors (Lipinski definition) is 1. The van der Waals surface area contributed by atoms with Crippen molar-refractivity contribution < 1.29 is 9.53 Å². The van der Waals surface area contributed by atoms with E-state index in [1.165, 1.54) is 6.08 Å². The van der Waals surface area contributed by atoms with Crippen molar-refractivity contribution in [1.82, 2.24) is 0 Å². The first kappa shape index (κ1) is 20.5. The van der Waals surface area contributed by atoms with Crippen LogP contribution in [0.5, 0.6) is 5.75 Å². The van der Waals surface area contributed by atoms with Crippen LogP contribution in [0.3, 0.4) is 0 Å². The molecule has 1 N–H and O–H groups in total. The number of hydrogen-bond acceptors (Lipinski definition) is 3. The quantitative estimate of drug-likeness (QED) is 0.381. The predicted octanol–water partition coefficient (Wildman–Crippen LogP) is 6.20. The summed E-state index contributed by atoms with van der Waals surface area (Å²) in [4.78, 5) is 12.4. The summed E-state index contributed by atoms with van der Waals surface area (Å²) in [5.74, 6) is 0.0782. The van der Waals surface area contributed by atoms with Gasteiger partial charge in [-0.05, 0) is 64.8 Å². The summed E-state index contributed by atoms with van der Waals surface area (Å²) in [5, 5.41) is 12.7. The molecule has 2 aromatic rings. The first-order valence-corrected chi connectivity index (χ1v) is 9.71. The van der Waals surface area contributed by atoms with Gasteiger partial charge in [-0.15, -0.1) is 0 Å². The maximum atomic E-state index is 12.4. The van der Waals surface area contributed by atoms with Crippen molar-refractivity contribution in [2.75, 3.05) is 11.9 Å². The summed E-state index contributed by atoms with van der Waals surface area (Å²) in [6.07, 6.45) is 2.35. The van der Waals surface area contributed by atoms with Gasteiger partial charge in [0.05, 0.1) is 11.1 Å². The van der Waals surface area contributed by atoms with Crippen molar-refractivity contribution in [3.8, 4) is 11.8 Å². The fourth-order valence-electron chi connectivity index (χ4n) is 2.08. The van der Waals surface area contributed by atoms with Gasteiger partial charge in [0.2, 0.25) is 0 Å². The Balaban J connectivity index is 2.34. The normalized spacial score (nSPS) is 11.0. The molecule has 0 fully saturated rings. The third-order valence-corrected chi connectivity index (χ3v) is 4.55. The van der Waals surface area contributed by atoms with Crippen LogP contribution in [0.25, 0.3) is 6.08 Å². The van der Waals surface area contributed by atoms with Gasteiger partial charge in [0.25, 0.3) is 5.91 Å². The van der Waals surface area contributed by atoms with Crippen LogP contribution in [-0.4, -0.2) is 12.5 Å². The third-order valence-electron chi connectivity index (χ3n) is 3.25. The van der Waals surface area contributed by atoms with E-state index < -0.39 is 5.91 Å². The molecule has 0 aliphatic heterocycles. The molecule has 0 aliphatic carbocycles. The second kappa shape index (κ2) is 9.77. The summed E-state index contributed by atoms with van der Waals surface area (Å²) < 4.78 is 7.30. The Hall–Kier alpha value is -1.81. The average molecular weight is 499 g/mol. The number of benzene rings is 2. The summed E-state index contributed by atoms with van der Waals surface area (Å²) in [7, 11) is 0. The minimum atomic E-state index is -0.507. The van der Waals surface area contributed by atoms with E-state index in [4.69, 9.17) is 16.3 Å². The Morgan fingerprint density at radius 2 is 2.00 bits per heavy atom. The van der Waals surface area contributed by atoms with E-state index in [9.17, 15) is 10.1 Å². The highest BCUT2D eigenvalue weighted by atomic mass is 79.9. The molecule has 0 saturated heterocycles. The van der Waals surface area contributed by atoms with Crippen LogP contribution in [0.2, 0.25) is 5.02 Å². The molecular formula is C19H15Br2ClN2O2. The molecule has 0 spiro atoms. The number of anilines is 1. The number of ether oxygens (including phenoxy) is 1. The average Bonchev–Trinajstić information content (AvgIpc) is 2.60. The molecule has 0 aromatic heterocycles. The van der Waals surface area contributed by atoms with Gasteiger partial charge in [-0.3, -0.25) is 4.79 Å². The molecule has 2 aromatic carbocycles. The lowest BCUT2D eigenvalue weighted by Gasteiger charge is -2.12. The summed E-state index contributed by atoms with van der Waals surface area (Å²) >= 11 is 12.7. The van der Waals surface area contributed by atoms with Crippen LogP contribution in [0.1, 0.15) is 18.9 Å². The Bertz CT molecular complexity index is 874. The number of nitriles is 1. The van der Waals surface area contributed by atoms with Gasteiger partial charge in [0.15, 0.2) is 0 Å². The van der Waals surface area contributed by atoms with Gasteiger partial charge < -0.3 is 10.1 Å². The van der Waals surface area contributed by atoms with Crippen LogP contribution < -0.4 is 10.1 Å². The van der Waals surface area contributed by atoms with Gasteiger partial charge in [0.1, 0.15) is 17.4 Å². The molecule has 0 radical (unpaired) electrons. The van der Waals surface area contributed by atoms with Crippen molar-refractivity contribution in [3.05, 3.63) is 61.5 Å². The van der Waals surface area contributed by atoms with Crippen LogP contribution in [0.15, 0.2) is 50.9 Å². The monoisotopic (exact) mass is 496 g/mol. The molecule has 1 amide bonds. The number of nitrogens with zero attached hydrogens (tertiary/aromatic N) is 1. The lowest BCUT2D eigenvalue weighted by atomic mass is 10.1. The molecule has 0 unspecified atom stereocenters. The summed E-state index contributed by atoms with van der Waals surface area (Å²) in [5.41, 5.74) is 1.15. The zero-order valence-corrected chi connectivity index (χ0v) is 17.8. The zero-order valence-electron chi connectivity index (χ0n) is 13.9. The van der Waals surface area contributed by atoms with Gasteiger partial charge in [0, 0.05) is 20.7 Å². The van der Waals surface area contributed by atoms with Crippen molar-refractivity contribution in [2.24, 2.45) is 0 Å². The van der Waals surface area contributed by atoms with Gasteiger partial charge in [-0.2, -0.15) is 5.26 Å². The highest BCUT2D eigenvalue weighted by Gasteiger charge is 2.14. The van der Waals surface area contributed by atoms with E-state index in [1.807, 2.05) is 19.1 Å². The highest BCUT2D eigenvalue weighted by Crippen LogP contribution is 2.34. The Kier molecular flexibility index (Phi) is 7.70. The topological polar surface area (TPSA) is 62.1 Å². The fraction of sp³-hybridized carbons (Fsp3) is 0.158. The molecule has 7 heteroatoms. The van der Waals surface area contributed by atoms with Gasteiger partial charge in [-0.1, -0.05) is 34.5 Å². The van der Waals surface area contributed by atoms with Crippen LogP contribution in [0.4, 0.5) is 5.69 Å². The molecular weight excluding hydrogens is 483 g/mol. The van der Waals surface area contributed by atoms with Crippen molar-refractivity contribution in [1.29, 1.82) is 5.26 Å². The Morgan fingerprint density at radius 1 is 1.31 bits per heavy atom. The summed E-state index contributed by atoms with van der Waals surface area (Å²) in [6, 6.07) is 12.2. The van der Waals surface area contributed by atoms with Crippen molar-refractivity contribution in [3.63, 3.8) is 0 Å². The summed E-state index contributed by atoms with van der Waals surface area (Å²) in [6.45, 7) is 2.53. The smallest absolute Gasteiger partial charge is 0.266 e. The zero-order chi connectivity index (χ0) is 19.1. The lowest BCUT2D eigenvalue weighted by molar-refractivity contribution is -0.112. The van der Waals surface area contributed by atoms with Gasteiger partial charge >= 0.3 is 0 Å². The van der Waals surface area contributed by atoms with Gasteiger partial charge in [-0.25, -0.2) is 0 Å². The molecule has 0 bridgehead atoms. The largest absolute Gasteiger partial charge is 0.492 e. The molecule has 0 atom stereocenters. The number of nitrogens with one attached hydrogen (secondary N) is 1. The maximum Gasteiger partial charge on any atom is 0.266 e. The van der Waals surface area contributed by atoms with E-state index in [0.29, 0.717) is 28.6 Å². The number of rotatable bonds is 6. The van der Waals surface area contributed by atoms with Crippen LogP contribution in [-0.2, 0) is 4.79 Å². The Morgan fingerprint density at radius 3 is 2.62 bits per heavy atom. The molecule has 0 aliphatic rings. The van der Waals surface area contributed by atoms with E-state index in [2.05, 4.69) is 37.2 Å². The molecule has 0 heterocycles. The predicted molar refractivity (Wildman–Crippen MR) is 111 cm³/mol. The number of halogens is 3. The number of amides is 1. The fourth-order valence-corrected chi connectivity index (χ4v) is 3.58. The molecule has 2 rings (SSSR count). The van der Waals surface area contributed by atoms with Crippen molar-refractivity contribution in [2.45, 2.75) is 13.3 Å². The standard InChI is InChI=1S/C19H15Br2ClN2O2/c1-2-7-26-18-12(9-14(20)10-17(18)21)8-13(11-23)19(25)24-16-5-3-15(22)4-6-16/h3-6,8-10H,2,7H2,1H3,(H,24,25)/b13-8+. The SMILES string of the molecule is CCCOc1c(Br)cc(Br)cc1/C=C(\C#N)C(=O)Nc1ccc(Cl)cc1. The molecule has 134 valence electrons. The maximum absolute atomic E-state index is 12.4. The Labute approximate surface area is 174 Å². The first-order valence-electron chi connectivity index (χ1n) is 7.75. The molecule has 0 saturated carbocycles. The van der Waals surface area contributed by atoms with E-state index in [0.717, 1.165) is 15.4 Å². The second-order valence-corrected chi connectivity index (χ2v) is 7.49. The van der Waals surface area contributed by atoms with E-state index in [-0.39, 0.29) is 5.57 Å². The minimum Gasteiger partial charge on any atom is -0.492 e. The highest BCUT2D eigenvalue weighted by molar-refractivity contribution is 9.11. The second-order valence-electron chi connectivity index (χ2n) is 5.29. The number of carbonyl (C=O) groups excluding carboxylic acids is 1. The number of carbonyl (C=O) groups is 1. The van der Waals surface area contributed by atoms with Crippen molar-refractivity contribution >= 4 is 61.1 Å². The third kappa shape index (κ3) is 5.60. The van der Waals surface area contributed by atoms with E-state index in [1.54, 1.807) is 30.3 Å². The lowest BCUT2D eigenvalue weighted by Crippen LogP contribution is -2.13. The first-order chi connectivity index (χ1) is 12.4. The molecule has 4 nitrogen and oxygen atoms in total. The van der Waals surface area contributed by atoms with Crippen LogP contribution >= 0.6 is 43.5 Å². The van der Waals surface area contributed by atoms with Crippen LogP contribution in [0, 0.1) is 11.3 Å². The molecule has 26 heavy (non-hydrogen) atoms. The minimum absolute atomic E-state index is 0.0358.